The van der Waals surface area contributed by atoms with E-state index in [-0.39, 0.29) is 0 Å². The van der Waals surface area contributed by atoms with E-state index >= 15 is 0 Å². The molecule has 2 aromatic rings. The molecule has 90 valence electrons. The Bertz CT molecular complexity index is 375. The first-order chi connectivity index (χ1) is 7.79. The predicted molar refractivity (Wildman–Crippen MR) is 72.6 cm³/mol. The second kappa shape index (κ2) is 8.96. The van der Waals surface area contributed by atoms with Crippen LogP contribution in [0.4, 0.5) is 0 Å². The number of fused-ring (bicyclic) bond motifs is 1. The Morgan fingerprint density at radius 2 is 1.62 bits per heavy atom. The van der Waals surface area contributed by atoms with Gasteiger partial charge in [-0.25, -0.2) is 0 Å². The molecular weight excluding hydrogens is 196 g/mol. The van der Waals surface area contributed by atoms with Crippen molar-refractivity contribution >= 4 is 10.9 Å². The Kier molecular flexibility index (Phi) is 8.22. The molecular formula is C14H24N2. The van der Waals surface area contributed by atoms with Crippen LogP contribution in [0.15, 0.2) is 30.5 Å². The van der Waals surface area contributed by atoms with Gasteiger partial charge in [0.25, 0.3) is 0 Å². The largest absolute Gasteiger partial charge is 0.268 e. The average molecular weight is 220 g/mol. The topological polar surface area (TPSA) is 17.8 Å². The van der Waals surface area contributed by atoms with Crippen molar-refractivity contribution in [2.75, 3.05) is 0 Å². The molecule has 0 saturated carbocycles. The molecule has 0 spiro atoms. The summed E-state index contributed by atoms with van der Waals surface area (Å²) < 4.78 is 1.87. The monoisotopic (exact) mass is 220 g/mol. The van der Waals surface area contributed by atoms with Gasteiger partial charge in [-0.2, -0.15) is 5.10 Å². The van der Waals surface area contributed by atoms with Crippen LogP contribution in [-0.4, -0.2) is 9.78 Å². The van der Waals surface area contributed by atoms with Crippen molar-refractivity contribution in [3.8, 4) is 0 Å². The third-order valence-electron chi connectivity index (χ3n) is 2.16. The minimum Gasteiger partial charge on any atom is -0.268 e. The van der Waals surface area contributed by atoms with Crippen molar-refractivity contribution in [3.05, 3.63) is 30.5 Å². The van der Waals surface area contributed by atoms with Crippen molar-refractivity contribution in [1.82, 2.24) is 9.78 Å². The predicted octanol–water partition coefficient (Wildman–Crippen LogP) is 4.41. The smallest absolute Gasteiger partial charge is 0.0679 e. The molecule has 0 fully saturated rings. The van der Waals surface area contributed by atoms with Gasteiger partial charge < -0.3 is 0 Å². The first-order valence-electron chi connectivity index (χ1n) is 6.16. The molecule has 0 bridgehead atoms. The lowest BCUT2D eigenvalue weighted by Crippen LogP contribution is -1.87. The number of benzene rings is 1. The summed E-state index contributed by atoms with van der Waals surface area (Å²) >= 11 is 0. The minimum absolute atomic E-state index is 1.18. The van der Waals surface area contributed by atoms with E-state index in [1.165, 1.54) is 23.7 Å². The lowest BCUT2D eigenvalue weighted by Gasteiger charge is -1.90. The lowest BCUT2D eigenvalue weighted by atomic mass is 10.3. The molecule has 2 heteroatoms. The van der Waals surface area contributed by atoms with Gasteiger partial charge >= 0.3 is 0 Å². The molecule has 16 heavy (non-hydrogen) atoms. The first kappa shape index (κ1) is 14.7. The third-order valence-corrected chi connectivity index (χ3v) is 2.16. The van der Waals surface area contributed by atoms with Crippen LogP contribution in [0, 0.1) is 0 Å². The van der Waals surface area contributed by atoms with Gasteiger partial charge in [-0.1, -0.05) is 58.7 Å². The maximum absolute atomic E-state index is 4.11. The summed E-state index contributed by atoms with van der Waals surface area (Å²) in [5, 5.41) is 5.31. The number of hydrogen-bond donors (Lipinski definition) is 0. The highest BCUT2D eigenvalue weighted by Crippen LogP contribution is 2.10. The van der Waals surface area contributed by atoms with Crippen molar-refractivity contribution in [2.24, 2.45) is 7.05 Å². The van der Waals surface area contributed by atoms with Crippen molar-refractivity contribution in [1.29, 1.82) is 0 Å². The molecule has 0 saturated heterocycles. The number of aromatic nitrogens is 2. The zero-order chi connectivity index (χ0) is 12.4. The summed E-state index contributed by atoms with van der Waals surface area (Å²) in [6.45, 7) is 8.36. The first-order valence-corrected chi connectivity index (χ1v) is 6.16. The molecule has 0 N–H and O–H groups in total. The normalized spacial score (nSPS) is 8.81. The summed E-state index contributed by atoms with van der Waals surface area (Å²) in [4.78, 5) is 0. The molecule has 1 aromatic carbocycles. The van der Waals surface area contributed by atoms with Crippen LogP contribution in [-0.2, 0) is 7.05 Å². The number of rotatable bonds is 1. The molecule has 0 amide bonds. The minimum atomic E-state index is 1.18. The molecule has 0 aliphatic carbocycles. The second-order valence-corrected chi connectivity index (χ2v) is 3.33. The third kappa shape index (κ3) is 4.47. The zero-order valence-electron chi connectivity index (χ0n) is 11.2. The second-order valence-electron chi connectivity index (χ2n) is 3.33. The molecule has 1 aromatic heterocycles. The summed E-state index contributed by atoms with van der Waals surface area (Å²) in [5.41, 5.74) is 1.18. The number of aryl methyl sites for hydroxylation is 1. The van der Waals surface area contributed by atoms with E-state index in [4.69, 9.17) is 0 Å². The van der Waals surface area contributed by atoms with Gasteiger partial charge in [-0.3, -0.25) is 4.68 Å². The van der Waals surface area contributed by atoms with Crippen LogP contribution in [0.25, 0.3) is 10.9 Å². The van der Waals surface area contributed by atoms with Gasteiger partial charge in [-0.05, 0) is 6.07 Å². The molecule has 0 unspecified atom stereocenters. The highest BCUT2D eigenvalue weighted by atomic mass is 15.2. The van der Waals surface area contributed by atoms with Crippen molar-refractivity contribution < 1.29 is 0 Å². The molecule has 0 aliphatic rings. The molecule has 2 nitrogen and oxygen atoms in total. The molecule has 2 rings (SSSR count). The van der Waals surface area contributed by atoms with E-state index in [1.807, 2.05) is 43.9 Å². The van der Waals surface area contributed by atoms with Crippen molar-refractivity contribution in [2.45, 2.75) is 40.5 Å². The standard InChI is InChI=1S/C8H8N2.C4H10.C2H6/c1-10-8-5-3-2-4-7(8)6-9-10;1-3-4-2;1-2/h2-6H,1H3;3-4H2,1-2H3;1-2H3. The summed E-state index contributed by atoms with van der Waals surface area (Å²) in [7, 11) is 1.95. The number of hydrogen-bond acceptors (Lipinski definition) is 1. The van der Waals surface area contributed by atoms with E-state index in [0.29, 0.717) is 0 Å². The van der Waals surface area contributed by atoms with Gasteiger partial charge in [0.2, 0.25) is 0 Å². The Morgan fingerprint density at radius 3 is 2.12 bits per heavy atom. The van der Waals surface area contributed by atoms with E-state index in [9.17, 15) is 0 Å². The Labute approximate surface area is 99.3 Å². The summed E-state index contributed by atoms with van der Waals surface area (Å²) in [6, 6.07) is 8.15. The Morgan fingerprint density at radius 1 is 1.06 bits per heavy atom. The van der Waals surface area contributed by atoms with E-state index in [2.05, 4.69) is 31.1 Å². The van der Waals surface area contributed by atoms with Gasteiger partial charge in [-0.15, -0.1) is 0 Å². The fraction of sp³-hybridized carbons (Fsp3) is 0.500. The van der Waals surface area contributed by atoms with Crippen LogP contribution in [0.2, 0.25) is 0 Å². The zero-order valence-corrected chi connectivity index (χ0v) is 11.2. The van der Waals surface area contributed by atoms with Crippen LogP contribution >= 0.6 is 0 Å². The van der Waals surface area contributed by atoms with Gasteiger partial charge in [0, 0.05) is 12.4 Å². The highest BCUT2D eigenvalue weighted by Gasteiger charge is 1.93. The fourth-order valence-corrected chi connectivity index (χ4v) is 1.10. The Balaban J connectivity index is 0.000000323. The molecule has 1 heterocycles. The van der Waals surface area contributed by atoms with Gasteiger partial charge in [0.15, 0.2) is 0 Å². The SMILES string of the molecule is CC.CCCC.Cn1ncc2ccccc21. The fourth-order valence-electron chi connectivity index (χ4n) is 1.10. The molecule has 0 radical (unpaired) electrons. The quantitative estimate of drug-likeness (QED) is 0.696. The summed E-state index contributed by atoms with van der Waals surface area (Å²) in [5.74, 6) is 0. The van der Waals surface area contributed by atoms with E-state index in [1.54, 1.807) is 0 Å². The van der Waals surface area contributed by atoms with Crippen LogP contribution in [0.1, 0.15) is 40.5 Å². The average Bonchev–Trinajstić information content (AvgIpc) is 2.75. The number of nitrogens with zero attached hydrogens (tertiary/aromatic N) is 2. The van der Waals surface area contributed by atoms with E-state index < -0.39 is 0 Å². The van der Waals surface area contributed by atoms with Crippen molar-refractivity contribution in [3.63, 3.8) is 0 Å². The summed E-state index contributed by atoms with van der Waals surface area (Å²) in [6.07, 6.45) is 4.51. The highest BCUT2D eigenvalue weighted by molar-refractivity contribution is 5.78. The molecule has 0 aliphatic heterocycles. The number of para-hydroxylation sites is 1. The van der Waals surface area contributed by atoms with Crippen LogP contribution in [0.5, 0.6) is 0 Å². The van der Waals surface area contributed by atoms with E-state index in [0.717, 1.165) is 0 Å². The van der Waals surface area contributed by atoms with Crippen LogP contribution in [0.3, 0.4) is 0 Å². The maximum atomic E-state index is 4.11. The van der Waals surface area contributed by atoms with Crippen LogP contribution < -0.4 is 0 Å². The maximum Gasteiger partial charge on any atom is 0.0679 e. The number of unbranched alkanes of at least 4 members (excludes halogenated alkanes) is 1. The molecule has 0 atom stereocenters. The van der Waals surface area contributed by atoms with Gasteiger partial charge in [0.1, 0.15) is 0 Å². The van der Waals surface area contributed by atoms with Gasteiger partial charge in [0.05, 0.1) is 11.7 Å². The Hall–Kier alpha value is -1.31. The lowest BCUT2D eigenvalue weighted by molar-refractivity contribution is 0.797.